The second-order valence-electron chi connectivity index (χ2n) is 8.96. The topological polar surface area (TPSA) is 91.6 Å². The zero-order valence-electron chi connectivity index (χ0n) is 16.8. The SMILES string of the molecule is CC(C)(C)c1cc(C(C#N)(CC#N)CCCC#N)cc(C(C)(C)C)c1O. The lowest BCUT2D eigenvalue weighted by Crippen LogP contribution is -2.27. The van der Waals surface area contributed by atoms with Crippen molar-refractivity contribution in [1.29, 1.82) is 15.8 Å². The first kappa shape index (κ1) is 21.5. The number of nitrogens with zero attached hydrogens (tertiary/aromatic N) is 3. The fourth-order valence-corrected chi connectivity index (χ4v) is 3.15. The van der Waals surface area contributed by atoms with Gasteiger partial charge in [0.05, 0.1) is 30.0 Å². The first-order valence-corrected chi connectivity index (χ1v) is 8.96. The Hall–Kier alpha value is -2.51. The van der Waals surface area contributed by atoms with E-state index in [9.17, 15) is 15.6 Å². The number of nitriles is 3. The molecule has 0 saturated carbocycles. The molecule has 4 heteroatoms. The average Bonchev–Trinajstić information content (AvgIpc) is 2.52. The molecule has 1 unspecified atom stereocenters. The summed E-state index contributed by atoms with van der Waals surface area (Å²) in [4.78, 5) is 0. The summed E-state index contributed by atoms with van der Waals surface area (Å²) in [6, 6.07) is 10.4. The van der Waals surface area contributed by atoms with Gasteiger partial charge in [0.1, 0.15) is 5.75 Å². The maximum atomic E-state index is 10.9. The summed E-state index contributed by atoms with van der Waals surface area (Å²) in [7, 11) is 0. The molecular weight excluding hydrogens is 322 g/mol. The molecule has 1 rings (SSSR count). The molecule has 0 heterocycles. The number of rotatable bonds is 5. The molecule has 1 aromatic carbocycles. The van der Waals surface area contributed by atoms with Gasteiger partial charge in [0.25, 0.3) is 0 Å². The van der Waals surface area contributed by atoms with Crippen molar-refractivity contribution in [3.05, 3.63) is 28.8 Å². The van der Waals surface area contributed by atoms with Crippen LogP contribution < -0.4 is 0 Å². The molecule has 0 aromatic heterocycles. The highest BCUT2D eigenvalue weighted by atomic mass is 16.3. The number of benzene rings is 1. The Morgan fingerprint density at radius 2 is 1.38 bits per heavy atom. The maximum Gasteiger partial charge on any atom is 0.123 e. The van der Waals surface area contributed by atoms with Crippen molar-refractivity contribution in [2.24, 2.45) is 0 Å². The van der Waals surface area contributed by atoms with Gasteiger partial charge in [-0.15, -0.1) is 0 Å². The number of hydrogen-bond acceptors (Lipinski definition) is 4. The highest BCUT2D eigenvalue weighted by Crippen LogP contribution is 2.44. The van der Waals surface area contributed by atoms with Crippen molar-refractivity contribution in [2.75, 3.05) is 0 Å². The molecule has 26 heavy (non-hydrogen) atoms. The van der Waals surface area contributed by atoms with Gasteiger partial charge in [-0.05, 0) is 52.5 Å². The van der Waals surface area contributed by atoms with Crippen LogP contribution in [0.2, 0.25) is 0 Å². The molecule has 0 spiro atoms. The quantitative estimate of drug-likeness (QED) is 0.723. The van der Waals surface area contributed by atoms with Gasteiger partial charge in [-0.25, -0.2) is 0 Å². The summed E-state index contributed by atoms with van der Waals surface area (Å²) in [6.45, 7) is 12.1. The fraction of sp³-hybridized carbons (Fsp3) is 0.591. The summed E-state index contributed by atoms with van der Waals surface area (Å²) in [5.41, 5.74) is 0.725. The van der Waals surface area contributed by atoms with Crippen LogP contribution in [0.3, 0.4) is 0 Å². The molecule has 1 atom stereocenters. The van der Waals surface area contributed by atoms with Crippen molar-refractivity contribution in [3.8, 4) is 24.0 Å². The molecule has 0 fully saturated rings. The maximum absolute atomic E-state index is 10.9. The molecular formula is C22H29N3O. The smallest absolute Gasteiger partial charge is 0.123 e. The predicted octanol–water partition coefficient (Wildman–Crippen LogP) is 5.36. The van der Waals surface area contributed by atoms with Crippen molar-refractivity contribution in [3.63, 3.8) is 0 Å². The lowest BCUT2D eigenvalue weighted by atomic mass is 9.70. The molecule has 138 valence electrons. The summed E-state index contributed by atoms with van der Waals surface area (Å²) in [6.07, 6.45) is 1.42. The van der Waals surface area contributed by atoms with Gasteiger partial charge in [-0.1, -0.05) is 41.5 Å². The lowest BCUT2D eigenvalue weighted by Gasteiger charge is -2.32. The molecule has 1 aromatic rings. The van der Waals surface area contributed by atoms with Crippen LogP contribution in [0.1, 0.15) is 83.9 Å². The first-order valence-electron chi connectivity index (χ1n) is 8.96. The second-order valence-corrected chi connectivity index (χ2v) is 8.96. The highest BCUT2D eigenvalue weighted by molar-refractivity contribution is 5.53. The second kappa shape index (κ2) is 7.80. The molecule has 0 amide bonds. The fourth-order valence-electron chi connectivity index (χ4n) is 3.15. The van der Waals surface area contributed by atoms with Crippen LogP contribution in [-0.2, 0) is 16.2 Å². The number of hydrogen-bond donors (Lipinski definition) is 1. The van der Waals surface area contributed by atoms with E-state index in [2.05, 4.69) is 18.2 Å². The van der Waals surface area contributed by atoms with Crippen molar-refractivity contribution >= 4 is 0 Å². The summed E-state index contributed by atoms with van der Waals surface area (Å²) in [5, 5.41) is 39.0. The van der Waals surface area contributed by atoms with Gasteiger partial charge in [-0.3, -0.25) is 0 Å². The Bertz CT molecular complexity index is 741. The Labute approximate surface area is 157 Å². The molecule has 0 aliphatic carbocycles. The number of aromatic hydroxyl groups is 1. The van der Waals surface area contributed by atoms with Gasteiger partial charge in [0.2, 0.25) is 0 Å². The van der Waals surface area contributed by atoms with E-state index in [1.807, 2.05) is 53.7 Å². The molecule has 4 nitrogen and oxygen atoms in total. The minimum absolute atomic E-state index is 0.0624. The van der Waals surface area contributed by atoms with E-state index < -0.39 is 5.41 Å². The largest absolute Gasteiger partial charge is 0.507 e. The molecule has 0 radical (unpaired) electrons. The van der Waals surface area contributed by atoms with Gasteiger partial charge in [0.15, 0.2) is 0 Å². The van der Waals surface area contributed by atoms with Gasteiger partial charge >= 0.3 is 0 Å². The van der Waals surface area contributed by atoms with E-state index in [0.717, 1.165) is 16.7 Å². The zero-order valence-corrected chi connectivity index (χ0v) is 16.8. The third-order valence-corrected chi connectivity index (χ3v) is 4.77. The minimum Gasteiger partial charge on any atom is -0.507 e. The summed E-state index contributed by atoms with van der Waals surface area (Å²) >= 11 is 0. The average molecular weight is 351 g/mol. The number of phenolic OH excluding ortho intramolecular Hbond substituents is 1. The Morgan fingerprint density at radius 3 is 1.73 bits per heavy atom. The Morgan fingerprint density at radius 1 is 0.885 bits per heavy atom. The Balaban J connectivity index is 3.75. The van der Waals surface area contributed by atoms with E-state index in [-0.39, 0.29) is 23.0 Å². The third-order valence-electron chi connectivity index (χ3n) is 4.77. The van der Waals surface area contributed by atoms with Gasteiger partial charge in [-0.2, -0.15) is 15.8 Å². The summed E-state index contributed by atoms with van der Waals surface area (Å²) < 4.78 is 0. The Kier molecular flexibility index (Phi) is 6.46. The molecule has 0 aliphatic rings. The van der Waals surface area contributed by atoms with Crippen LogP contribution in [0, 0.1) is 34.0 Å². The van der Waals surface area contributed by atoms with E-state index in [1.54, 1.807) is 0 Å². The monoisotopic (exact) mass is 351 g/mol. The normalized spacial score (nSPS) is 14.0. The van der Waals surface area contributed by atoms with E-state index in [1.165, 1.54) is 0 Å². The first-order chi connectivity index (χ1) is 11.9. The minimum atomic E-state index is -0.973. The van der Waals surface area contributed by atoms with Gasteiger partial charge in [0, 0.05) is 6.42 Å². The highest BCUT2D eigenvalue weighted by Gasteiger charge is 2.36. The molecule has 1 N–H and O–H groups in total. The van der Waals surface area contributed by atoms with Crippen LogP contribution >= 0.6 is 0 Å². The van der Waals surface area contributed by atoms with Crippen LogP contribution in [-0.4, -0.2) is 5.11 Å². The van der Waals surface area contributed by atoms with E-state index >= 15 is 0 Å². The zero-order chi connectivity index (χ0) is 20.2. The van der Waals surface area contributed by atoms with Crippen molar-refractivity contribution in [1.82, 2.24) is 0 Å². The van der Waals surface area contributed by atoms with Crippen LogP contribution in [0.15, 0.2) is 12.1 Å². The van der Waals surface area contributed by atoms with Crippen LogP contribution in [0.4, 0.5) is 0 Å². The van der Waals surface area contributed by atoms with Crippen LogP contribution in [0.25, 0.3) is 0 Å². The van der Waals surface area contributed by atoms with Crippen molar-refractivity contribution in [2.45, 2.75) is 83.5 Å². The molecule has 0 bridgehead atoms. The standard InChI is InChI=1S/C22H29N3O/c1-20(2,3)17-13-16(14-18(19(17)26)21(4,5)6)22(15-25,10-12-24)9-7-8-11-23/h13-14,26H,7-10H2,1-6H3. The number of unbranched alkanes of at least 4 members (excludes halogenated alkanes) is 1. The lowest BCUT2D eigenvalue weighted by molar-refractivity contribution is 0.419. The molecule has 0 aliphatic heterocycles. The van der Waals surface area contributed by atoms with E-state index in [4.69, 9.17) is 5.26 Å². The summed E-state index contributed by atoms with van der Waals surface area (Å²) in [5.74, 6) is 0.259. The predicted molar refractivity (Wildman–Crippen MR) is 102 cm³/mol. The molecule has 0 saturated heterocycles. The van der Waals surface area contributed by atoms with Crippen LogP contribution in [0.5, 0.6) is 5.75 Å². The van der Waals surface area contributed by atoms with Crippen molar-refractivity contribution < 1.29 is 5.11 Å². The number of phenols is 1. The van der Waals surface area contributed by atoms with E-state index in [0.29, 0.717) is 19.3 Å². The third kappa shape index (κ3) is 4.56. The van der Waals surface area contributed by atoms with Gasteiger partial charge < -0.3 is 5.11 Å².